The van der Waals surface area contributed by atoms with E-state index in [4.69, 9.17) is 9.47 Å². The first-order valence-corrected chi connectivity index (χ1v) is 13.8. The molecule has 0 amide bonds. The van der Waals surface area contributed by atoms with Crippen molar-refractivity contribution in [3.05, 3.63) is 70.0 Å². The van der Waals surface area contributed by atoms with E-state index in [0.717, 1.165) is 42.1 Å². The number of aliphatic hydroxyl groups excluding tert-OH is 1. The summed E-state index contributed by atoms with van der Waals surface area (Å²) >= 11 is 3.69. The van der Waals surface area contributed by atoms with Gasteiger partial charge in [-0.2, -0.15) is 0 Å². The predicted molar refractivity (Wildman–Crippen MR) is 145 cm³/mol. The van der Waals surface area contributed by atoms with Crippen molar-refractivity contribution in [3.63, 3.8) is 0 Å². The molecule has 2 fully saturated rings. The van der Waals surface area contributed by atoms with Gasteiger partial charge in [0.25, 0.3) is 0 Å². The quantitative estimate of drug-likeness (QED) is 0.169. The Bertz CT molecular complexity index is 966. The molecule has 1 saturated carbocycles. The van der Waals surface area contributed by atoms with Gasteiger partial charge in [-0.15, -0.1) is 0 Å². The van der Waals surface area contributed by atoms with Crippen molar-refractivity contribution in [1.29, 1.82) is 0 Å². The number of benzene rings is 1. The van der Waals surface area contributed by atoms with Crippen LogP contribution in [0.15, 0.2) is 58.6 Å². The molecular weight excluding hydrogens is 523 g/mol. The summed E-state index contributed by atoms with van der Waals surface area (Å²) < 4.78 is 25.5. The number of carbonyl (C=O) groups excluding carboxylic acids is 1. The van der Waals surface area contributed by atoms with Gasteiger partial charge in [0.2, 0.25) is 0 Å². The van der Waals surface area contributed by atoms with Crippen LogP contribution in [0.25, 0.3) is 0 Å². The monoisotopic (exact) mass is 562 g/mol. The number of halogens is 2. The minimum Gasteiger partial charge on any atom is -0.469 e. The van der Waals surface area contributed by atoms with Crippen molar-refractivity contribution < 1.29 is 23.8 Å². The molecule has 1 unspecified atom stereocenters. The maximum absolute atomic E-state index is 13.7. The fourth-order valence-electron chi connectivity index (χ4n) is 5.60. The highest BCUT2D eigenvalue weighted by atomic mass is 79.9. The van der Waals surface area contributed by atoms with Crippen molar-refractivity contribution in [2.45, 2.75) is 76.9 Å². The average molecular weight is 564 g/mol. The molecule has 6 heteroatoms. The van der Waals surface area contributed by atoms with Gasteiger partial charge in [0.15, 0.2) is 0 Å². The molecule has 6 atom stereocenters. The van der Waals surface area contributed by atoms with Crippen LogP contribution in [0.3, 0.4) is 0 Å². The number of fused-ring (bicyclic) bond motifs is 2. The van der Waals surface area contributed by atoms with Crippen LogP contribution < -0.4 is 0 Å². The van der Waals surface area contributed by atoms with Crippen LogP contribution in [0, 0.1) is 23.6 Å². The van der Waals surface area contributed by atoms with Crippen LogP contribution in [-0.4, -0.2) is 37.0 Å². The molecule has 0 aromatic heterocycles. The summed E-state index contributed by atoms with van der Waals surface area (Å²) in [6.07, 6.45) is 12.7. The molecule has 0 spiro atoms. The largest absolute Gasteiger partial charge is 0.469 e. The van der Waals surface area contributed by atoms with Gasteiger partial charge in [-0.25, -0.2) is 4.39 Å². The number of aliphatic hydroxyl groups is 1. The fourth-order valence-corrected chi connectivity index (χ4v) is 6.36. The van der Waals surface area contributed by atoms with Crippen LogP contribution >= 0.6 is 15.9 Å². The minimum atomic E-state index is -0.587. The van der Waals surface area contributed by atoms with Crippen LogP contribution in [0.4, 0.5) is 4.39 Å². The summed E-state index contributed by atoms with van der Waals surface area (Å²) in [7, 11) is 1.41. The predicted octanol–water partition coefficient (Wildman–Crippen LogP) is 7.02. The van der Waals surface area contributed by atoms with Crippen molar-refractivity contribution >= 4 is 21.9 Å². The van der Waals surface area contributed by atoms with E-state index < -0.39 is 6.10 Å². The van der Waals surface area contributed by atoms with Gasteiger partial charge in [0.05, 0.1) is 25.9 Å². The van der Waals surface area contributed by atoms with Crippen LogP contribution in [0.2, 0.25) is 0 Å². The van der Waals surface area contributed by atoms with E-state index in [1.54, 1.807) is 0 Å². The van der Waals surface area contributed by atoms with Crippen molar-refractivity contribution in [2.24, 2.45) is 17.8 Å². The molecule has 3 rings (SSSR count). The lowest BCUT2D eigenvalue weighted by molar-refractivity contribution is -0.140. The number of ether oxygens (including phenoxy) is 2. The summed E-state index contributed by atoms with van der Waals surface area (Å²) in [6.45, 7) is 6.81. The normalized spacial score (nSPS) is 27.3. The summed E-state index contributed by atoms with van der Waals surface area (Å²) in [5.41, 5.74) is 2.16. The minimum absolute atomic E-state index is 0.0561. The maximum Gasteiger partial charge on any atom is 0.305 e. The summed E-state index contributed by atoms with van der Waals surface area (Å²) in [5, 5.41) is 11.0. The molecule has 1 aliphatic carbocycles. The lowest BCUT2D eigenvalue weighted by atomic mass is 9.69. The van der Waals surface area contributed by atoms with Gasteiger partial charge in [0.1, 0.15) is 5.82 Å². The zero-order valence-corrected chi connectivity index (χ0v) is 23.5. The molecule has 198 valence electrons. The van der Waals surface area contributed by atoms with E-state index in [-0.39, 0.29) is 41.1 Å². The molecular formula is C30H40BrFO4. The zero-order valence-electron chi connectivity index (χ0n) is 21.9. The van der Waals surface area contributed by atoms with E-state index in [2.05, 4.69) is 61.0 Å². The number of methoxy groups -OCH3 is 1. The lowest BCUT2D eigenvalue weighted by Gasteiger charge is -2.38. The number of carbonyl (C=O) groups is 1. The van der Waals surface area contributed by atoms with Gasteiger partial charge in [-0.1, -0.05) is 64.9 Å². The second kappa shape index (κ2) is 13.2. The molecule has 1 aromatic carbocycles. The second-order valence-corrected chi connectivity index (χ2v) is 11.5. The van der Waals surface area contributed by atoms with E-state index >= 15 is 0 Å². The fraction of sp³-hybridized carbons (Fsp3) is 0.567. The first-order chi connectivity index (χ1) is 17.2. The summed E-state index contributed by atoms with van der Waals surface area (Å²) in [4.78, 5) is 11.4. The first kappa shape index (κ1) is 28.8. The number of rotatable bonds is 12. The zero-order chi connectivity index (χ0) is 26.3. The third kappa shape index (κ3) is 6.96. The maximum atomic E-state index is 13.7. The molecule has 1 saturated heterocycles. The number of hydrogen-bond acceptors (Lipinski definition) is 4. The van der Waals surface area contributed by atoms with E-state index in [1.807, 2.05) is 12.1 Å². The molecule has 1 heterocycles. The Hall–Kier alpha value is -1.76. The highest BCUT2D eigenvalue weighted by Crippen LogP contribution is 2.57. The van der Waals surface area contributed by atoms with Gasteiger partial charge >= 0.3 is 5.97 Å². The average Bonchev–Trinajstić information content (AvgIpc) is 3.42. The Morgan fingerprint density at radius 1 is 1.31 bits per heavy atom. The Labute approximate surface area is 223 Å². The number of hydrogen-bond donors (Lipinski definition) is 1. The van der Waals surface area contributed by atoms with Crippen LogP contribution in [0.5, 0.6) is 0 Å². The first-order valence-electron chi connectivity index (χ1n) is 13.0. The van der Waals surface area contributed by atoms with Gasteiger partial charge < -0.3 is 14.6 Å². The van der Waals surface area contributed by atoms with E-state index in [0.29, 0.717) is 13.0 Å². The third-order valence-electron chi connectivity index (χ3n) is 7.75. The molecule has 1 aromatic rings. The molecule has 0 radical (unpaired) electrons. The molecule has 2 bridgehead atoms. The Morgan fingerprint density at radius 3 is 2.69 bits per heavy atom. The Balaban J connectivity index is 1.80. The molecule has 1 aliphatic heterocycles. The van der Waals surface area contributed by atoms with Crippen LogP contribution in [0.1, 0.15) is 64.9 Å². The van der Waals surface area contributed by atoms with Crippen molar-refractivity contribution in [3.8, 4) is 0 Å². The number of esters is 1. The van der Waals surface area contributed by atoms with Crippen LogP contribution in [-0.2, 0) is 19.7 Å². The highest BCUT2D eigenvalue weighted by Gasteiger charge is 2.58. The van der Waals surface area contributed by atoms with E-state index in [1.165, 1.54) is 24.8 Å². The molecule has 4 nitrogen and oxygen atoms in total. The summed E-state index contributed by atoms with van der Waals surface area (Å²) in [5.74, 6) is 0.0496. The lowest BCUT2D eigenvalue weighted by Crippen LogP contribution is -2.39. The second-order valence-electron chi connectivity index (χ2n) is 10.6. The topological polar surface area (TPSA) is 55.8 Å². The highest BCUT2D eigenvalue weighted by molar-refractivity contribution is 9.11. The van der Waals surface area contributed by atoms with Gasteiger partial charge in [-0.3, -0.25) is 4.79 Å². The Morgan fingerprint density at radius 2 is 2.03 bits per heavy atom. The molecule has 36 heavy (non-hydrogen) atoms. The van der Waals surface area contributed by atoms with Crippen molar-refractivity contribution in [1.82, 2.24) is 0 Å². The SMILES string of the molecule is COC(=O)CCCC=CC[C@H]1[C@H](C=C(Br)[C@H](O)C(C)CC=C(C)C)[C@@H]2C[C@@]1(c1ccc(F)cc1)CO2. The van der Waals surface area contributed by atoms with Gasteiger partial charge in [-0.05, 0) is 75.5 Å². The number of unbranched alkanes of at least 4 members (excludes halogenated alkanes) is 1. The molecule has 2 aliphatic rings. The Kier molecular flexibility index (Phi) is 10.5. The summed E-state index contributed by atoms with van der Waals surface area (Å²) in [6, 6.07) is 6.85. The third-order valence-corrected chi connectivity index (χ3v) is 8.48. The smallest absolute Gasteiger partial charge is 0.305 e. The van der Waals surface area contributed by atoms with E-state index in [9.17, 15) is 14.3 Å². The van der Waals surface area contributed by atoms with Gasteiger partial charge in [0, 0.05) is 22.2 Å². The standard InChI is InChI=1S/C30H40BrFO4/c1-20(2)11-12-21(3)29(34)26(31)17-24-25(9-7-5-6-8-10-28(33)35-4)30(18-27(24)36-19-30)22-13-15-23(32)16-14-22/h5,7,11,13-17,21,24-25,27,29,34H,6,8-10,12,18-19H2,1-4H3/t21?,24-,25-,27-,29+,30-/m0/s1. The molecule has 1 N–H and O–H groups in total. The van der Waals surface area contributed by atoms with Crippen molar-refractivity contribution in [2.75, 3.05) is 13.7 Å². The number of allylic oxidation sites excluding steroid dienone is 4.